The fraction of sp³-hybridized carbons (Fsp3) is 0.400. The summed E-state index contributed by atoms with van der Waals surface area (Å²) in [6, 6.07) is 2.80. The minimum absolute atomic E-state index is 0.188. The molecule has 1 rings (SSSR count). The number of aromatic nitrogens is 1. The van der Waals surface area contributed by atoms with E-state index in [0.29, 0.717) is 5.56 Å². The molecule has 2 N–H and O–H groups in total. The summed E-state index contributed by atoms with van der Waals surface area (Å²) in [6.07, 6.45) is 1.23. The van der Waals surface area contributed by atoms with Crippen molar-refractivity contribution < 1.29 is 14.6 Å². The average Bonchev–Trinajstić information content (AvgIpc) is 2.17. The molecule has 0 saturated carbocycles. The summed E-state index contributed by atoms with van der Waals surface area (Å²) in [7, 11) is 1.25. The number of nitrogens with one attached hydrogen (secondary N) is 1. The number of hydrogen-bond acceptors (Lipinski definition) is 4. The zero-order valence-corrected chi connectivity index (χ0v) is 8.61. The molecule has 15 heavy (non-hydrogen) atoms. The van der Waals surface area contributed by atoms with Gasteiger partial charge in [0.1, 0.15) is 0 Å². The first-order chi connectivity index (χ1) is 6.95. The zero-order valence-electron chi connectivity index (χ0n) is 8.61. The number of H-pyrrole nitrogens is 1. The van der Waals surface area contributed by atoms with Gasteiger partial charge >= 0.3 is 5.97 Å². The summed E-state index contributed by atoms with van der Waals surface area (Å²) < 4.78 is 4.45. The Labute approximate surface area is 86.7 Å². The molecule has 0 aliphatic rings. The second-order valence-electron chi connectivity index (χ2n) is 3.47. The van der Waals surface area contributed by atoms with Crippen LogP contribution >= 0.6 is 0 Å². The Morgan fingerprint density at radius 1 is 1.67 bits per heavy atom. The number of aliphatic hydroxyl groups is 1. The summed E-state index contributed by atoms with van der Waals surface area (Å²) in [6.45, 7) is 1.46. The molecule has 5 nitrogen and oxygen atoms in total. The normalized spacial score (nSPS) is 14.3. The monoisotopic (exact) mass is 211 g/mol. The van der Waals surface area contributed by atoms with Crippen LogP contribution in [0.1, 0.15) is 18.9 Å². The van der Waals surface area contributed by atoms with Crippen molar-refractivity contribution >= 4 is 5.97 Å². The Kier molecular flexibility index (Phi) is 3.26. The lowest BCUT2D eigenvalue weighted by Gasteiger charge is -2.21. The molecule has 0 aliphatic carbocycles. The number of pyridine rings is 1. The number of ether oxygens (including phenoxy) is 1. The molecular weight excluding hydrogens is 198 g/mol. The van der Waals surface area contributed by atoms with E-state index < -0.39 is 11.6 Å². The van der Waals surface area contributed by atoms with Crippen molar-refractivity contribution in [3.05, 3.63) is 34.2 Å². The van der Waals surface area contributed by atoms with Gasteiger partial charge in [0.25, 0.3) is 0 Å². The summed E-state index contributed by atoms with van der Waals surface area (Å²) in [5, 5.41) is 9.96. The van der Waals surface area contributed by atoms with Gasteiger partial charge in [-0.15, -0.1) is 0 Å². The SMILES string of the molecule is COC(=O)CC(C)(O)c1cc[nH]c(=O)c1. The minimum Gasteiger partial charge on any atom is -0.469 e. The standard InChI is InChI=1S/C10H13NO4/c1-10(14,6-9(13)15-2)7-3-4-11-8(12)5-7/h3-5,14H,6H2,1-2H3,(H,11,12). The molecule has 5 heteroatoms. The lowest BCUT2D eigenvalue weighted by molar-refractivity contribution is -0.145. The summed E-state index contributed by atoms with van der Waals surface area (Å²) in [5.41, 5.74) is -1.32. The molecule has 0 bridgehead atoms. The van der Waals surface area contributed by atoms with Crippen molar-refractivity contribution in [3.8, 4) is 0 Å². The molecule has 1 aromatic heterocycles. The van der Waals surface area contributed by atoms with E-state index in [1.54, 1.807) is 6.07 Å². The van der Waals surface area contributed by atoms with E-state index in [9.17, 15) is 14.7 Å². The highest BCUT2D eigenvalue weighted by Crippen LogP contribution is 2.23. The maximum atomic E-state index is 11.0. The van der Waals surface area contributed by atoms with Gasteiger partial charge < -0.3 is 14.8 Å². The fourth-order valence-corrected chi connectivity index (χ4v) is 1.23. The molecule has 1 heterocycles. The van der Waals surface area contributed by atoms with Crippen molar-refractivity contribution in [1.82, 2.24) is 4.98 Å². The summed E-state index contributed by atoms with van der Waals surface area (Å²) in [4.78, 5) is 24.5. The van der Waals surface area contributed by atoms with Crippen LogP contribution in [0, 0.1) is 0 Å². The molecule has 1 unspecified atom stereocenters. The van der Waals surface area contributed by atoms with Crippen molar-refractivity contribution in [1.29, 1.82) is 0 Å². The first-order valence-corrected chi connectivity index (χ1v) is 4.44. The highest BCUT2D eigenvalue weighted by molar-refractivity contribution is 5.70. The van der Waals surface area contributed by atoms with E-state index in [-0.39, 0.29) is 12.0 Å². The van der Waals surface area contributed by atoms with Gasteiger partial charge in [0, 0.05) is 12.3 Å². The largest absolute Gasteiger partial charge is 0.469 e. The Morgan fingerprint density at radius 2 is 2.33 bits per heavy atom. The second-order valence-corrected chi connectivity index (χ2v) is 3.47. The number of esters is 1. The van der Waals surface area contributed by atoms with Gasteiger partial charge in [-0.05, 0) is 18.6 Å². The van der Waals surface area contributed by atoms with Crippen LogP contribution in [0.5, 0.6) is 0 Å². The first-order valence-electron chi connectivity index (χ1n) is 4.44. The third-order valence-electron chi connectivity index (χ3n) is 2.11. The summed E-state index contributed by atoms with van der Waals surface area (Å²) >= 11 is 0. The maximum Gasteiger partial charge on any atom is 0.308 e. The van der Waals surface area contributed by atoms with Gasteiger partial charge in [-0.2, -0.15) is 0 Å². The first kappa shape index (κ1) is 11.5. The molecule has 82 valence electrons. The van der Waals surface area contributed by atoms with E-state index in [4.69, 9.17) is 0 Å². The summed E-state index contributed by atoms with van der Waals surface area (Å²) in [5.74, 6) is -0.528. The zero-order chi connectivity index (χ0) is 11.5. The van der Waals surface area contributed by atoms with Crippen LogP contribution < -0.4 is 5.56 Å². The van der Waals surface area contributed by atoms with Gasteiger partial charge in [-0.3, -0.25) is 9.59 Å². The van der Waals surface area contributed by atoms with Crippen LogP contribution in [0.2, 0.25) is 0 Å². The van der Waals surface area contributed by atoms with Gasteiger partial charge in [0.05, 0.1) is 19.1 Å². The third kappa shape index (κ3) is 2.92. The number of aromatic amines is 1. The average molecular weight is 211 g/mol. The fourth-order valence-electron chi connectivity index (χ4n) is 1.23. The molecule has 1 aromatic rings. The molecular formula is C10H13NO4. The van der Waals surface area contributed by atoms with Crippen molar-refractivity contribution in [2.45, 2.75) is 18.9 Å². The molecule has 0 fully saturated rings. The van der Waals surface area contributed by atoms with Crippen LogP contribution in [0.15, 0.2) is 23.1 Å². The lowest BCUT2D eigenvalue weighted by atomic mass is 9.93. The Balaban J connectivity index is 2.95. The highest BCUT2D eigenvalue weighted by Gasteiger charge is 2.27. The number of methoxy groups -OCH3 is 1. The molecule has 0 aliphatic heterocycles. The minimum atomic E-state index is -1.39. The van der Waals surface area contributed by atoms with Gasteiger partial charge in [0.15, 0.2) is 0 Å². The van der Waals surface area contributed by atoms with Gasteiger partial charge in [0.2, 0.25) is 5.56 Å². The molecule has 1 atom stereocenters. The topological polar surface area (TPSA) is 79.4 Å². The highest BCUT2D eigenvalue weighted by atomic mass is 16.5. The van der Waals surface area contributed by atoms with E-state index in [1.807, 2.05) is 0 Å². The molecule has 0 saturated heterocycles. The van der Waals surface area contributed by atoms with Crippen LogP contribution in [0.4, 0.5) is 0 Å². The predicted octanol–water partition coefficient (Wildman–Crippen LogP) is 0.145. The van der Waals surface area contributed by atoms with E-state index in [2.05, 4.69) is 9.72 Å². The third-order valence-corrected chi connectivity index (χ3v) is 2.11. The van der Waals surface area contributed by atoms with E-state index in [0.717, 1.165) is 0 Å². The van der Waals surface area contributed by atoms with Crippen LogP contribution in [0.3, 0.4) is 0 Å². The number of hydrogen-bond donors (Lipinski definition) is 2. The van der Waals surface area contributed by atoms with Crippen LogP contribution in [-0.4, -0.2) is 23.2 Å². The number of carbonyl (C=O) groups is 1. The van der Waals surface area contributed by atoms with Crippen molar-refractivity contribution in [2.75, 3.05) is 7.11 Å². The van der Waals surface area contributed by atoms with E-state index >= 15 is 0 Å². The van der Waals surface area contributed by atoms with Crippen molar-refractivity contribution in [2.24, 2.45) is 0 Å². The molecule has 0 aromatic carbocycles. The van der Waals surface area contributed by atoms with Crippen LogP contribution in [-0.2, 0) is 15.1 Å². The Bertz CT molecular complexity index is 408. The number of rotatable bonds is 3. The van der Waals surface area contributed by atoms with Crippen molar-refractivity contribution in [3.63, 3.8) is 0 Å². The molecule has 0 amide bonds. The smallest absolute Gasteiger partial charge is 0.308 e. The van der Waals surface area contributed by atoms with Gasteiger partial charge in [-0.25, -0.2) is 0 Å². The maximum absolute atomic E-state index is 11.0. The second kappa shape index (κ2) is 4.27. The van der Waals surface area contributed by atoms with Crippen LogP contribution in [0.25, 0.3) is 0 Å². The number of carbonyl (C=O) groups excluding carboxylic acids is 1. The predicted molar refractivity (Wildman–Crippen MR) is 53.3 cm³/mol. The molecule has 0 spiro atoms. The lowest BCUT2D eigenvalue weighted by Crippen LogP contribution is -2.27. The van der Waals surface area contributed by atoms with Gasteiger partial charge in [-0.1, -0.05) is 0 Å². The quantitative estimate of drug-likeness (QED) is 0.697. The van der Waals surface area contributed by atoms with E-state index in [1.165, 1.54) is 26.3 Å². The Morgan fingerprint density at radius 3 is 2.87 bits per heavy atom. The molecule has 0 radical (unpaired) electrons. The Hall–Kier alpha value is -1.62.